The molecule has 0 unspecified atom stereocenters. The normalized spacial score (nSPS) is 11.3. The first-order valence-electron chi connectivity index (χ1n) is 8.75. The summed E-state index contributed by atoms with van der Waals surface area (Å²) >= 11 is 1.50. The van der Waals surface area contributed by atoms with E-state index in [2.05, 4.69) is 20.2 Å². The minimum atomic E-state index is -3.65. The van der Waals surface area contributed by atoms with Crippen LogP contribution < -0.4 is 14.8 Å². The molecule has 9 nitrogen and oxygen atoms in total. The number of carbonyl (C=O) groups excluding carboxylic acids is 1. The molecule has 0 saturated heterocycles. The van der Waals surface area contributed by atoms with Crippen molar-refractivity contribution in [3.8, 4) is 16.5 Å². The molecule has 1 amide bonds. The highest BCUT2D eigenvalue weighted by Crippen LogP contribution is 2.21. The van der Waals surface area contributed by atoms with Crippen LogP contribution in [0.2, 0.25) is 0 Å². The number of hydrogen-bond donors (Lipinski definition) is 2. The predicted octanol–water partition coefficient (Wildman–Crippen LogP) is 1.83. The predicted molar refractivity (Wildman–Crippen MR) is 107 cm³/mol. The van der Waals surface area contributed by atoms with Crippen LogP contribution in [0.25, 0.3) is 10.7 Å². The van der Waals surface area contributed by atoms with E-state index < -0.39 is 10.0 Å². The fourth-order valence-corrected chi connectivity index (χ4v) is 4.08. The number of aromatic nitrogens is 2. The van der Waals surface area contributed by atoms with Gasteiger partial charge in [0.1, 0.15) is 5.75 Å². The van der Waals surface area contributed by atoms with Crippen molar-refractivity contribution >= 4 is 27.3 Å². The van der Waals surface area contributed by atoms with Crippen LogP contribution in [-0.4, -0.2) is 44.7 Å². The van der Waals surface area contributed by atoms with E-state index in [1.54, 1.807) is 12.1 Å². The molecule has 2 heterocycles. The Balaban J connectivity index is 1.38. The van der Waals surface area contributed by atoms with Crippen molar-refractivity contribution < 1.29 is 22.5 Å². The second-order valence-electron chi connectivity index (χ2n) is 5.91. The Morgan fingerprint density at radius 3 is 2.69 bits per heavy atom. The van der Waals surface area contributed by atoms with Gasteiger partial charge >= 0.3 is 0 Å². The average Bonchev–Trinajstić information content (AvgIpc) is 3.41. The van der Waals surface area contributed by atoms with Crippen molar-refractivity contribution in [2.75, 3.05) is 20.2 Å². The van der Waals surface area contributed by atoms with Crippen LogP contribution >= 0.6 is 11.3 Å². The average molecular weight is 437 g/mol. The van der Waals surface area contributed by atoms with Gasteiger partial charge in [0.05, 0.1) is 16.9 Å². The van der Waals surface area contributed by atoms with Crippen molar-refractivity contribution in [3.05, 3.63) is 47.7 Å². The first kappa shape index (κ1) is 21.0. The first-order chi connectivity index (χ1) is 14.0. The SMILES string of the molecule is COc1ccc(S(=O)(=O)NCCNC(=O)CCc2nc(-c3cccs3)no2)cc1. The molecule has 0 aliphatic carbocycles. The maximum absolute atomic E-state index is 12.2. The lowest BCUT2D eigenvalue weighted by Crippen LogP contribution is -2.34. The van der Waals surface area contributed by atoms with Crippen LogP contribution in [0.5, 0.6) is 5.75 Å². The molecule has 0 aliphatic heterocycles. The number of aryl methyl sites for hydroxylation is 1. The molecule has 0 bridgehead atoms. The van der Waals surface area contributed by atoms with Gasteiger partial charge in [0.25, 0.3) is 0 Å². The largest absolute Gasteiger partial charge is 0.497 e. The summed E-state index contributed by atoms with van der Waals surface area (Å²) in [6, 6.07) is 9.82. The summed E-state index contributed by atoms with van der Waals surface area (Å²) in [5, 5.41) is 8.46. The highest BCUT2D eigenvalue weighted by atomic mass is 32.2. The number of nitrogens with zero attached hydrogens (tertiary/aromatic N) is 2. The van der Waals surface area contributed by atoms with Crippen LogP contribution in [0.4, 0.5) is 0 Å². The third-order valence-corrected chi connectivity index (χ3v) is 6.23. The van der Waals surface area contributed by atoms with Gasteiger partial charge in [-0.3, -0.25) is 4.79 Å². The molecule has 29 heavy (non-hydrogen) atoms. The van der Waals surface area contributed by atoms with Crippen LogP contribution in [0.1, 0.15) is 12.3 Å². The third kappa shape index (κ3) is 5.86. The van der Waals surface area contributed by atoms with Crippen molar-refractivity contribution in [1.29, 1.82) is 0 Å². The van der Waals surface area contributed by atoms with Crippen LogP contribution in [0, 0.1) is 0 Å². The van der Waals surface area contributed by atoms with Crippen LogP contribution in [0.3, 0.4) is 0 Å². The lowest BCUT2D eigenvalue weighted by atomic mass is 10.3. The number of ether oxygens (including phenoxy) is 1. The zero-order chi connectivity index (χ0) is 20.7. The second kappa shape index (κ2) is 9.63. The zero-order valence-corrected chi connectivity index (χ0v) is 17.3. The minimum absolute atomic E-state index is 0.0726. The molecular formula is C18H20N4O5S2. The number of rotatable bonds is 10. The van der Waals surface area contributed by atoms with Gasteiger partial charge in [0.2, 0.25) is 27.6 Å². The van der Waals surface area contributed by atoms with E-state index in [1.807, 2.05) is 17.5 Å². The Hall–Kier alpha value is -2.76. The molecule has 2 aromatic heterocycles. The van der Waals surface area contributed by atoms with Crippen molar-refractivity contribution in [1.82, 2.24) is 20.2 Å². The van der Waals surface area contributed by atoms with E-state index in [9.17, 15) is 13.2 Å². The number of thiophene rings is 1. The maximum Gasteiger partial charge on any atom is 0.240 e. The van der Waals surface area contributed by atoms with E-state index in [1.165, 1.54) is 30.6 Å². The lowest BCUT2D eigenvalue weighted by Gasteiger charge is -2.08. The maximum atomic E-state index is 12.2. The van der Waals surface area contributed by atoms with Gasteiger partial charge in [-0.2, -0.15) is 4.98 Å². The Morgan fingerprint density at radius 2 is 2.00 bits per heavy atom. The molecule has 0 saturated carbocycles. The third-order valence-electron chi connectivity index (χ3n) is 3.88. The van der Waals surface area contributed by atoms with Gasteiger partial charge in [-0.05, 0) is 35.7 Å². The summed E-state index contributed by atoms with van der Waals surface area (Å²) in [6.45, 7) is 0.238. The van der Waals surface area contributed by atoms with E-state index in [-0.39, 0.29) is 30.3 Å². The monoisotopic (exact) mass is 436 g/mol. The number of benzene rings is 1. The number of carbonyl (C=O) groups is 1. The van der Waals surface area contributed by atoms with Gasteiger partial charge in [-0.25, -0.2) is 13.1 Å². The molecule has 0 radical (unpaired) electrons. The summed E-state index contributed by atoms with van der Waals surface area (Å²) in [7, 11) is -2.14. The van der Waals surface area contributed by atoms with Gasteiger partial charge < -0.3 is 14.6 Å². The standard InChI is InChI=1S/C18H20N4O5S2/c1-26-13-4-6-14(7-5-13)29(24,25)20-11-10-19-16(23)8-9-17-21-18(22-27-17)15-3-2-12-28-15/h2-7,12,20H,8-11H2,1H3,(H,19,23). The molecule has 154 valence electrons. The number of methoxy groups -OCH3 is 1. The summed E-state index contributed by atoms with van der Waals surface area (Å²) in [5.41, 5.74) is 0. The smallest absolute Gasteiger partial charge is 0.240 e. The molecule has 0 aliphatic rings. The van der Waals surface area contributed by atoms with E-state index in [0.29, 0.717) is 23.9 Å². The quantitative estimate of drug-likeness (QED) is 0.465. The molecule has 11 heteroatoms. The minimum Gasteiger partial charge on any atom is -0.497 e. The van der Waals surface area contributed by atoms with E-state index in [0.717, 1.165) is 4.88 Å². The highest BCUT2D eigenvalue weighted by molar-refractivity contribution is 7.89. The lowest BCUT2D eigenvalue weighted by molar-refractivity contribution is -0.121. The number of sulfonamides is 1. The Morgan fingerprint density at radius 1 is 1.21 bits per heavy atom. The molecule has 1 aromatic carbocycles. The zero-order valence-electron chi connectivity index (χ0n) is 15.6. The second-order valence-corrected chi connectivity index (χ2v) is 8.63. The van der Waals surface area contributed by atoms with E-state index >= 15 is 0 Å². The topological polar surface area (TPSA) is 123 Å². The number of nitrogens with one attached hydrogen (secondary N) is 2. The van der Waals surface area contributed by atoms with Gasteiger partial charge in [-0.1, -0.05) is 11.2 Å². The number of amides is 1. The fraction of sp³-hybridized carbons (Fsp3) is 0.278. The summed E-state index contributed by atoms with van der Waals surface area (Å²) < 4.78 is 37.0. The van der Waals surface area contributed by atoms with Crippen molar-refractivity contribution in [3.63, 3.8) is 0 Å². The molecule has 0 fully saturated rings. The summed E-state index contributed by atoms with van der Waals surface area (Å²) in [4.78, 5) is 17.2. The fourth-order valence-electron chi connectivity index (χ4n) is 2.40. The number of hydrogen-bond acceptors (Lipinski definition) is 8. The summed E-state index contributed by atoms with van der Waals surface area (Å²) in [5.74, 6) is 1.22. The Labute approximate surface area is 172 Å². The molecule has 3 rings (SSSR count). The molecule has 0 spiro atoms. The van der Waals surface area contributed by atoms with Crippen LogP contribution in [-0.2, 0) is 21.2 Å². The molecular weight excluding hydrogens is 416 g/mol. The van der Waals surface area contributed by atoms with Gasteiger partial charge in [-0.15, -0.1) is 11.3 Å². The van der Waals surface area contributed by atoms with Crippen molar-refractivity contribution in [2.24, 2.45) is 0 Å². The highest BCUT2D eigenvalue weighted by Gasteiger charge is 2.14. The summed E-state index contributed by atoms with van der Waals surface area (Å²) in [6.07, 6.45) is 0.471. The molecule has 2 N–H and O–H groups in total. The van der Waals surface area contributed by atoms with Crippen molar-refractivity contribution in [2.45, 2.75) is 17.7 Å². The molecule has 0 atom stereocenters. The Bertz CT molecular complexity index is 1030. The molecule has 3 aromatic rings. The first-order valence-corrected chi connectivity index (χ1v) is 11.1. The van der Waals surface area contributed by atoms with E-state index in [4.69, 9.17) is 9.26 Å². The van der Waals surface area contributed by atoms with Gasteiger partial charge in [0.15, 0.2) is 0 Å². The van der Waals surface area contributed by atoms with Crippen LogP contribution in [0.15, 0.2) is 51.2 Å². The van der Waals surface area contributed by atoms with Gasteiger partial charge in [0, 0.05) is 25.9 Å². The Kier molecular flexibility index (Phi) is 6.96.